The number of benzene rings is 1. The number of carbonyl (C=O) groups is 1. The summed E-state index contributed by atoms with van der Waals surface area (Å²) >= 11 is 0. The number of nitriles is 1. The summed E-state index contributed by atoms with van der Waals surface area (Å²) in [6, 6.07) is 7.02. The molecular weight excluding hydrogens is 214 g/mol. The summed E-state index contributed by atoms with van der Waals surface area (Å²) in [5.41, 5.74) is 2.14. The lowest BCUT2D eigenvalue weighted by atomic mass is 10.1. The Labute approximate surface area is 102 Å². The van der Waals surface area contributed by atoms with E-state index in [9.17, 15) is 4.79 Å². The molecule has 2 N–H and O–H groups in total. The van der Waals surface area contributed by atoms with Gasteiger partial charge in [0.25, 0.3) is 0 Å². The minimum atomic E-state index is -0.239. The number of rotatable bonds is 3. The molecule has 0 aliphatic carbocycles. The SMILES string of the molecule is Cc1ccc(C#N)cc1NC(=O)NCC(C)C. The van der Waals surface area contributed by atoms with Crippen molar-refractivity contribution in [3.63, 3.8) is 0 Å². The van der Waals surface area contributed by atoms with Gasteiger partial charge in [-0.2, -0.15) is 5.26 Å². The molecule has 17 heavy (non-hydrogen) atoms. The maximum atomic E-state index is 11.6. The molecule has 0 aliphatic rings. The second kappa shape index (κ2) is 5.90. The highest BCUT2D eigenvalue weighted by Crippen LogP contribution is 2.16. The molecule has 1 aromatic carbocycles. The van der Waals surface area contributed by atoms with Crippen LogP contribution in [0.2, 0.25) is 0 Å². The fourth-order valence-corrected chi connectivity index (χ4v) is 1.29. The van der Waals surface area contributed by atoms with Crippen molar-refractivity contribution >= 4 is 11.7 Å². The number of aryl methyl sites for hydroxylation is 1. The Bertz CT molecular complexity index is 446. The molecule has 1 rings (SSSR count). The van der Waals surface area contributed by atoms with Gasteiger partial charge in [-0.25, -0.2) is 4.79 Å². The predicted molar refractivity (Wildman–Crippen MR) is 67.8 cm³/mol. The normalized spacial score (nSPS) is 9.82. The molecule has 2 amide bonds. The smallest absolute Gasteiger partial charge is 0.319 e. The van der Waals surface area contributed by atoms with Crippen LogP contribution in [0.15, 0.2) is 18.2 Å². The fraction of sp³-hybridized carbons (Fsp3) is 0.385. The van der Waals surface area contributed by atoms with Crippen LogP contribution in [0.5, 0.6) is 0 Å². The standard InChI is InChI=1S/C13H17N3O/c1-9(2)8-15-13(17)16-12-6-11(7-14)5-4-10(12)3/h4-6,9H,8H2,1-3H3,(H2,15,16,17). The van der Waals surface area contributed by atoms with Crippen molar-refractivity contribution in [2.24, 2.45) is 5.92 Å². The van der Waals surface area contributed by atoms with Gasteiger partial charge in [-0.1, -0.05) is 19.9 Å². The van der Waals surface area contributed by atoms with Gasteiger partial charge in [0, 0.05) is 12.2 Å². The van der Waals surface area contributed by atoms with E-state index in [0.29, 0.717) is 23.7 Å². The van der Waals surface area contributed by atoms with Gasteiger partial charge in [-0.3, -0.25) is 0 Å². The minimum Gasteiger partial charge on any atom is -0.338 e. The summed E-state index contributed by atoms with van der Waals surface area (Å²) < 4.78 is 0. The Balaban J connectivity index is 2.68. The number of anilines is 1. The molecular formula is C13H17N3O. The van der Waals surface area contributed by atoms with Crippen molar-refractivity contribution in [2.75, 3.05) is 11.9 Å². The van der Waals surface area contributed by atoms with Gasteiger partial charge < -0.3 is 10.6 Å². The topological polar surface area (TPSA) is 64.9 Å². The Morgan fingerprint density at radius 2 is 2.18 bits per heavy atom. The van der Waals surface area contributed by atoms with Gasteiger partial charge >= 0.3 is 6.03 Å². The molecule has 0 saturated carbocycles. The molecule has 1 aromatic rings. The predicted octanol–water partition coefficient (Wildman–Crippen LogP) is 2.64. The molecule has 0 fully saturated rings. The van der Waals surface area contributed by atoms with Crippen LogP contribution >= 0.6 is 0 Å². The van der Waals surface area contributed by atoms with E-state index in [1.165, 1.54) is 0 Å². The van der Waals surface area contributed by atoms with Gasteiger partial charge in [0.05, 0.1) is 11.6 Å². The third-order valence-corrected chi connectivity index (χ3v) is 2.29. The number of hydrogen-bond acceptors (Lipinski definition) is 2. The summed E-state index contributed by atoms with van der Waals surface area (Å²) in [5, 5.41) is 14.3. The zero-order valence-electron chi connectivity index (χ0n) is 10.4. The fourth-order valence-electron chi connectivity index (χ4n) is 1.29. The van der Waals surface area contributed by atoms with Gasteiger partial charge in [-0.15, -0.1) is 0 Å². The summed E-state index contributed by atoms with van der Waals surface area (Å²) in [7, 11) is 0. The second-order valence-corrected chi connectivity index (χ2v) is 4.37. The van der Waals surface area contributed by atoms with Gasteiger partial charge in [-0.05, 0) is 30.5 Å². The molecule has 0 saturated heterocycles. The monoisotopic (exact) mass is 231 g/mol. The molecule has 0 heterocycles. The van der Waals surface area contributed by atoms with E-state index in [-0.39, 0.29) is 6.03 Å². The Hall–Kier alpha value is -2.02. The van der Waals surface area contributed by atoms with Crippen LogP contribution in [-0.4, -0.2) is 12.6 Å². The molecule has 0 unspecified atom stereocenters. The van der Waals surface area contributed by atoms with E-state index >= 15 is 0 Å². The Morgan fingerprint density at radius 1 is 1.47 bits per heavy atom. The summed E-state index contributed by atoms with van der Waals surface area (Å²) in [6.07, 6.45) is 0. The number of hydrogen-bond donors (Lipinski definition) is 2. The van der Waals surface area contributed by atoms with Crippen LogP contribution in [0.3, 0.4) is 0 Å². The summed E-state index contributed by atoms with van der Waals surface area (Å²) in [6.45, 7) is 6.58. The molecule has 0 spiro atoms. The quantitative estimate of drug-likeness (QED) is 0.839. The maximum absolute atomic E-state index is 11.6. The van der Waals surface area contributed by atoms with Crippen LogP contribution in [0.4, 0.5) is 10.5 Å². The number of carbonyl (C=O) groups excluding carboxylic acids is 1. The van der Waals surface area contributed by atoms with E-state index in [4.69, 9.17) is 5.26 Å². The van der Waals surface area contributed by atoms with Gasteiger partial charge in [0.15, 0.2) is 0 Å². The van der Waals surface area contributed by atoms with Crippen LogP contribution < -0.4 is 10.6 Å². The molecule has 0 radical (unpaired) electrons. The third kappa shape index (κ3) is 4.15. The Kier molecular flexibility index (Phi) is 4.53. The maximum Gasteiger partial charge on any atom is 0.319 e. The molecule has 0 atom stereocenters. The second-order valence-electron chi connectivity index (χ2n) is 4.37. The third-order valence-electron chi connectivity index (χ3n) is 2.29. The average Bonchev–Trinajstić information content (AvgIpc) is 2.29. The highest BCUT2D eigenvalue weighted by molar-refractivity contribution is 5.90. The van der Waals surface area contributed by atoms with E-state index in [0.717, 1.165) is 5.56 Å². The number of nitrogens with one attached hydrogen (secondary N) is 2. The van der Waals surface area contributed by atoms with Crippen LogP contribution in [0.25, 0.3) is 0 Å². The zero-order valence-corrected chi connectivity index (χ0v) is 10.4. The van der Waals surface area contributed by atoms with Gasteiger partial charge in [0.2, 0.25) is 0 Å². The average molecular weight is 231 g/mol. The lowest BCUT2D eigenvalue weighted by molar-refractivity contribution is 0.251. The van der Waals surface area contributed by atoms with E-state index < -0.39 is 0 Å². The van der Waals surface area contributed by atoms with E-state index in [1.54, 1.807) is 12.1 Å². The van der Waals surface area contributed by atoms with Crippen LogP contribution in [0.1, 0.15) is 25.0 Å². The number of urea groups is 1. The number of nitrogens with zero attached hydrogens (tertiary/aromatic N) is 1. The summed E-state index contributed by atoms with van der Waals surface area (Å²) in [5.74, 6) is 0.410. The first-order valence-corrected chi connectivity index (χ1v) is 5.58. The van der Waals surface area contributed by atoms with Crippen molar-refractivity contribution in [3.05, 3.63) is 29.3 Å². The van der Waals surface area contributed by atoms with Crippen LogP contribution in [-0.2, 0) is 0 Å². The molecule has 0 bridgehead atoms. The lowest BCUT2D eigenvalue weighted by Crippen LogP contribution is -2.31. The largest absolute Gasteiger partial charge is 0.338 e. The summed E-state index contributed by atoms with van der Waals surface area (Å²) in [4.78, 5) is 11.6. The molecule has 0 aromatic heterocycles. The van der Waals surface area contributed by atoms with Gasteiger partial charge in [0.1, 0.15) is 0 Å². The van der Waals surface area contributed by atoms with Crippen molar-refractivity contribution in [3.8, 4) is 6.07 Å². The van der Waals surface area contributed by atoms with Crippen LogP contribution in [0, 0.1) is 24.2 Å². The van der Waals surface area contributed by atoms with E-state index in [1.807, 2.05) is 32.9 Å². The molecule has 90 valence electrons. The first-order chi connectivity index (χ1) is 8.02. The first-order valence-electron chi connectivity index (χ1n) is 5.58. The lowest BCUT2D eigenvalue weighted by Gasteiger charge is -2.11. The molecule has 4 nitrogen and oxygen atoms in total. The first kappa shape index (κ1) is 13.0. The van der Waals surface area contributed by atoms with E-state index in [2.05, 4.69) is 10.6 Å². The Morgan fingerprint density at radius 3 is 2.76 bits per heavy atom. The van der Waals surface area contributed by atoms with Crippen molar-refractivity contribution in [1.29, 1.82) is 5.26 Å². The highest BCUT2D eigenvalue weighted by atomic mass is 16.2. The minimum absolute atomic E-state index is 0.239. The highest BCUT2D eigenvalue weighted by Gasteiger charge is 2.05. The number of amides is 2. The zero-order chi connectivity index (χ0) is 12.8. The van der Waals surface area contributed by atoms with Crippen molar-refractivity contribution < 1.29 is 4.79 Å². The molecule has 4 heteroatoms. The molecule has 0 aliphatic heterocycles. The van der Waals surface area contributed by atoms with Crippen molar-refractivity contribution in [2.45, 2.75) is 20.8 Å². The van der Waals surface area contributed by atoms with Crippen molar-refractivity contribution in [1.82, 2.24) is 5.32 Å².